The first-order valence-electron chi connectivity index (χ1n) is 15.1. The summed E-state index contributed by atoms with van der Waals surface area (Å²) in [5.41, 5.74) is 7.27. The molecule has 0 bridgehead atoms. The minimum absolute atomic E-state index is 0.0331. The van der Waals surface area contributed by atoms with E-state index in [0.29, 0.717) is 28.7 Å². The van der Waals surface area contributed by atoms with Crippen molar-refractivity contribution in [3.05, 3.63) is 77.9 Å². The fourth-order valence-corrected chi connectivity index (χ4v) is 6.79. The summed E-state index contributed by atoms with van der Waals surface area (Å²) in [4.78, 5) is 12.3. The van der Waals surface area contributed by atoms with Crippen LogP contribution in [-0.2, 0) is 14.9 Å². The lowest BCUT2D eigenvalue weighted by Crippen LogP contribution is -2.24. The third-order valence-electron chi connectivity index (χ3n) is 8.08. The zero-order chi connectivity index (χ0) is 28.9. The van der Waals surface area contributed by atoms with Crippen molar-refractivity contribution in [3.63, 3.8) is 0 Å². The Labute approximate surface area is 245 Å². The maximum atomic E-state index is 12.3. The molecule has 0 N–H and O–H groups in total. The first-order chi connectivity index (χ1) is 19.0. The Kier molecular flexibility index (Phi) is 9.61. The minimum Gasteiger partial charge on any atom is -0.553 e. The molecule has 1 aliphatic carbocycles. The average molecular weight is 557 g/mol. The maximum absolute atomic E-state index is 12.3. The van der Waals surface area contributed by atoms with Crippen molar-refractivity contribution < 1.29 is 14.0 Å². The minimum atomic E-state index is -0.417. The fourth-order valence-electron chi connectivity index (χ4n) is 6.35. The van der Waals surface area contributed by atoms with E-state index >= 15 is 0 Å². The van der Waals surface area contributed by atoms with Crippen molar-refractivity contribution >= 4 is 16.5 Å². The molecule has 3 nitrogen and oxygen atoms in total. The number of carbonyl (C=O) groups excluding carboxylic acids is 1. The van der Waals surface area contributed by atoms with E-state index in [-0.39, 0.29) is 11.4 Å². The average Bonchev–Trinajstić information content (AvgIpc) is 2.91. The molecule has 0 heterocycles. The highest BCUT2D eigenvalue weighted by Crippen LogP contribution is 2.51. The molecule has 1 fully saturated rings. The number of benzene rings is 3. The van der Waals surface area contributed by atoms with Gasteiger partial charge in [-0.05, 0) is 91.5 Å². The van der Waals surface area contributed by atoms with Gasteiger partial charge in [-0.15, -0.1) is 0 Å². The van der Waals surface area contributed by atoms with Crippen LogP contribution in [0.15, 0.2) is 66.7 Å². The molecule has 40 heavy (non-hydrogen) atoms. The number of hydrogen-bond acceptors (Lipinski definition) is 3. The Morgan fingerprint density at radius 2 is 1.48 bits per heavy atom. The standard InChI is InChI=1S/C36H48O3Si/c1-35(2,3)30-24-29(28-21-13-15-25(23-28)16-14-22-31(37)38-36(4,5)6)34(39-40)33(27-19-11-8-12-20-27)32(30)26-17-9-7-10-18-26/h7-12,17-20,24-25,28H,13-16,21-23H2,1-6,40H3/t25-,28-/m1/s1. The third-order valence-corrected chi connectivity index (χ3v) is 8.49. The molecular weight excluding hydrogens is 508 g/mol. The lowest BCUT2D eigenvalue weighted by molar-refractivity contribution is -0.155. The molecule has 0 radical (unpaired) electrons. The van der Waals surface area contributed by atoms with Crippen molar-refractivity contribution in [2.24, 2.45) is 5.92 Å². The van der Waals surface area contributed by atoms with E-state index in [9.17, 15) is 4.79 Å². The predicted molar refractivity (Wildman–Crippen MR) is 171 cm³/mol. The van der Waals surface area contributed by atoms with Crippen LogP contribution in [0.2, 0.25) is 0 Å². The summed E-state index contributed by atoms with van der Waals surface area (Å²) in [6.07, 6.45) is 7.26. The van der Waals surface area contributed by atoms with Crippen LogP contribution in [0.4, 0.5) is 0 Å². The highest BCUT2D eigenvalue weighted by Gasteiger charge is 2.32. The monoisotopic (exact) mass is 556 g/mol. The number of ether oxygens (including phenoxy) is 1. The lowest BCUT2D eigenvalue weighted by Gasteiger charge is -2.34. The summed E-state index contributed by atoms with van der Waals surface area (Å²) in [5.74, 6) is 2.07. The maximum Gasteiger partial charge on any atom is 0.306 e. The van der Waals surface area contributed by atoms with E-state index in [4.69, 9.17) is 9.16 Å². The molecule has 0 saturated heterocycles. The zero-order valence-corrected chi connectivity index (χ0v) is 27.7. The number of hydrogen-bond donors (Lipinski definition) is 0. The van der Waals surface area contributed by atoms with Crippen molar-refractivity contribution in [1.29, 1.82) is 0 Å². The van der Waals surface area contributed by atoms with Gasteiger partial charge in [0.25, 0.3) is 0 Å². The van der Waals surface area contributed by atoms with Gasteiger partial charge in [-0.3, -0.25) is 4.79 Å². The molecule has 3 aromatic carbocycles. The van der Waals surface area contributed by atoms with Gasteiger partial charge in [0.15, 0.2) is 0 Å². The molecule has 1 aliphatic rings. The van der Waals surface area contributed by atoms with Crippen molar-refractivity contribution in [2.75, 3.05) is 0 Å². The van der Waals surface area contributed by atoms with E-state index in [1.54, 1.807) is 0 Å². The third kappa shape index (κ3) is 7.45. The quantitative estimate of drug-likeness (QED) is 0.205. The molecule has 214 valence electrons. The van der Waals surface area contributed by atoms with E-state index in [1.807, 2.05) is 20.8 Å². The van der Waals surface area contributed by atoms with Crippen LogP contribution in [-0.4, -0.2) is 22.1 Å². The van der Waals surface area contributed by atoms with Gasteiger partial charge in [0.1, 0.15) is 11.4 Å². The van der Waals surface area contributed by atoms with Crippen LogP contribution in [0.3, 0.4) is 0 Å². The molecule has 1 saturated carbocycles. The summed E-state index contributed by atoms with van der Waals surface area (Å²) >= 11 is 0. The number of rotatable bonds is 8. The van der Waals surface area contributed by atoms with Crippen molar-refractivity contribution in [2.45, 2.75) is 103 Å². The second kappa shape index (κ2) is 12.8. The van der Waals surface area contributed by atoms with Crippen LogP contribution in [0.5, 0.6) is 5.75 Å². The summed E-state index contributed by atoms with van der Waals surface area (Å²) in [6, 6.07) is 24.1. The van der Waals surface area contributed by atoms with Gasteiger partial charge >= 0.3 is 5.97 Å². The fraction of sp³-hybridized carbons (Fsp3) is 0.472. The topological polar surface area (TPSA) is 35.5 Å². The lowest BCUT2D eigenvalue weighted by atomic mass is 9.72. The van der Waals surface area contributed by atoms with Gasteiger partial charge in [-0.2, -0.15) is 0 Å². The molecule has 0 aromatic heterocycles. The van der Waals surface area contributed by atoms with Crippen LogP contribution < -0.4 is 4.43 Å². The van der Waals surface area contributed by atoms with Gasteiger partial charge in [-0.1, -0.05) is 100 Å². The van der Waals surface area contributed by atoms with E-state index in [0.717, 1.165) is 25.0 Å². The first kappa shape index (κ1) is 30.1. The molecule has 0 amide bonds. The SMILES string of the molecule is CC(C)(C)OC(=O)CCC[C@H]1CCC[C@@H](c2cc(C(C)(C)C)c(-c3ccccc3)c(-c3ccccc3)c2O[SiH3])C1. The zero-order valence-electron chi connectivity index (χ0n) is 25.7. The van der Waals surface area contributed by atoms with Crippen molar-refractivity contribution in [3.8, 4) is 28.0 Å². The van der Waals surface area contributed by atoms with Crippen LogP contribution in [0.1, 0.15) is 104 Å². The largest absolute Gasteiger partial charge is 0.553 e. The summed E-state index contributed by atoms with van der Waals surface area (Å²) in [6.45, 7) is 12.8. The highest BCUT2D eigenvalue weighted by molar-refractivity contribution is 6.02. The van der Waals surface area contributed by atoms with E-state index in [1.165, 1.54) is 52.6 Å². The van der Waals surface area contributed by atoms with Gasteiger partial charge in [0.2, 0.25) is 10.5 Å². The second-order valence-electron chi connectivity index (χ2n) is 13.5. The van der Waals surface area contributed by atoms with Crippen molar-refractivity contribution in [1.82, 2.24) is 0 Å². The molecule has 3 aromatic rings. The first-order valence-corrected chi connectivity index (χ1v) is 15.9. The molecule has 2 atom stereocenters. The summed E-state index contributed by atoms with van der Waals surface area (Å²) in [7, 11) is 0.632. The van der Waals surface area contributed by atoms with Crippen LogP contribution in [0.25, 0.3) is 22.3 Å². The van der Waals surface area contributed by atoms with Gasteiger partial charge < -0.3 is 9.16 Å². The Balaban J connectivity index is 1.73. The predicted octanol–water partition coefficient (Wildman–Crippen LogP) is 8.76. The Hall–Kier alpha value is -2.85. The Morgan fingerprint density at radius 1 is 0.875 bits per heavy atom. The summed E-state index contributed by atoms with van der Waals surface area (Å²) in [5, 5.41) is 0. The molecule has 4 rings (SSSR count). The summed E-state index contributed by atoms with van der Waals surface area (Å²) < 4.78 is 12.0. The van der Waals surface area contributed by atoms with Gasteiger partial charge in [0.05, 0.1) is 0 Å². The molecule has 0 spiro atoms. The van der Waals surface area contributed by atoms with E-state index in [2.05, 4.69) is 87.5 Å². The molecule has 4 heteroatoms. The van der Waals surface area contributed by atoms with Crippen LogP contribution in [0, 0.1) is 5.92 Å². The van der Waals surface area contributed by atoms with Crippen LogP contribution >= 0.6 is 0 Å². The number of carbonyl (C=O) groups is 1. The smallest absolute Gasteiger partial charge is 0.306 e. The Bertz CT molecular complexity index is 1270. The van der Waals surface area contributed by atoms with Gasteiger partial charge in [0, 0.05) is 12.0 Å². The number of esters is 1. The molecular formula is C36H48O3Si. The molecule has 0 aliphatic heterocycles. The normalized spacial score (nSPS) is 17.9. The van der Waals surface area contributed by atoms with Gasteiger partial charge in [-0.25, -0.2) is 0 Å². The van der Waals surface area contributed by atoms with E-state index < -0.39 is 5.60 Å². The molecule has 0 unspecified atom stereocenters. The second-order valence-corrected chi connectivity index (χ2v) is 13.9. The Morgan fingerprint density at radius 3 is 2.02 bits per heavy atom. The highest BCUT2D eigenvalue weighted by atomic mass is 28.2.